The van der Waals surface area contributed by atoms with Gasteiger partial charge in [-0.15, -0.1) is 0 Å². The number of carbonyl (C=O) groups is 1. The van der Waals surface area contributed by atoms with Crippen molar-refractivity contribution in [1.29, 1.82) is 0 Å². The summed E-state index contributed by atoms with van der Waals surface area (Å²) in [7, 11) is -3.81. The van der Waals surface area contributed by atoms with Gasteiger partial charge in [0, 0.05) is 24.0 Å². The zero-order valence-electron chi connectivity index (χ0n) is 15.8. The van der Waals surface area contributed by atoms with E-state index in [1.165, 1.54) is 30.4 Å². The number of hydrogen-bond acceptors (Lipinski definition) is 8. The van der Waals surface area contributed by atoms with Gasteiger partial charge in [-0.05, 0) is 51.1 Å². The van der Waals surface area contributed by atoms with Crippen LogP contribution in [-0.4, -0.2) is 29.2 Å². The van der Waals surface area contributed by atoms with E-state index in [9.17, 15) is 13.2 Å². The predicted molar refractivity (Wildman–Crippen MR) is 109 cm³/mol. The number of benzene rings is 1. The molecule has 2 N–H and O–H groups in total. The minimum atomic E-state index is -3.81. The van der Waals surface area contributed by atoms with Crippen LogP contribution in [-0.2, 0) is 10.0 Å². The highest BCUT2D eigenvalue weighted by Gasteiger charge is 2.17. The molecule has 0 atom stereocenters. The first-order valence-electron chi connectivity index (χ1n) is 8.34. The zero-order valence-corrected chi connectivity index (χ0v) is 17.4. The molecule has 0 bridgehead atoms. The Kier molecular flexibility index (Phi) is 5.43. The minimum Gasteiger partial charge on any atom is -0.332 e. The summed E-state index contributed by atoms with van der Waals surface area (Å²) in [5.41, 5.74) is 2.67. The van der Waals surface area contributed by atoms with Crippen LogP contribution >= 0.6 is 11.3 Å². The van der Waals surface area contributed by atoms with Crippen molar-refractivity contribution >= 4 is 43.9 Å². The van der Waals surface area contributed by atoms with E-state index in [0.29, 0.717) is 32.8 Å². The van der Waals surface area contributed by atoms with Crippen molar-refractivity contribution in [3.05, 3.63) is 52.3 Å². The number of carbonyl (C=O) groups excluding carboxylic acids is 1. The maximum atomic E-state index is 12.6. The van der Waals surface area contributed by atoms with Gasteiger partial charge in [-0.25, -0.2) is 28.1 Å². The quantitative estimate of drug-likeness (QED) is 0.589. The summed E-state index contributed by atoms with van der Waals surface area (Å²) < 4.78 is 27.5. The third kappa shape index (κ3) is 4.52. The van der Waals surface area contributed by atoms with E-state index in [2.05, 4.69) is 25.0 Å². The smallest absolute Gasteiger partial charge is 0.264 e. The molecule has 2 heterocycles. The molecule has 0 amide bonds. The van der Waals surface area contributed by atoms with Crippen LogP contribution < -0.4 is 10.0 Å². The van der Waals surface area contributed by atoms with Crippen molar-refractivity contribution in [3.8, 4) is 0 Å². The van der Waals surface area contributed by atoms with Gasteiger partial charge in [0.25, 0.3) is 10.0 Å². The van der Waals surface area contributed by atoms with Crippen LogP contribution in [0.3, 0.4) is 0 Å². The van der Waals surface area contributed by atoms with Crippen LogP contribution in [0.4, 0.5) is 16.8 Å². The summed E-state index contributed by atoms with van der Waals surface area (Å²) >= 11 is 1.26. The first-order valence-corrected chi connectivity index (χ1v) is 10.6. The molecule has 2 aromatic heterocycles. The van der Waals surface area contributed by atoms with Gasteiger partial charge in [0.1, 0.15) is 0 Å². The molecule has 28 heavy (non-hydrogen) atoms. The van der Waals surface area contributed by atoms with Crippen molar-refractivity contribution < 1.29 is 13.2 Å². The number of nitrogens with one attached hydrogen (secondary N) is 2. The number of nitrogens with zero attached hydrogens (tertiary/aromatic N) is 3. The van der Waals surface area contributed by atoms with Crippen LogP contribution in [0, 0.1) is 20.8 Å². The third-order valence-electron chi connectivity index (χ3n) is 3.74. The number of thiazole rings is 1. The molecule has 146 valence electrons. The van der Waals surface area contributed by atoms with E-state index in [4.69, 9.17) is 0 Å². The highest BCUT2D eigenvalue weighted by molar-refractivity contribution is 7.92. The molecule has 0 aliphatic heterocycles. The van der Waals surface area contributed by atoms with Crippen LogP contribution in [0.1, 0.15) is 33.7 Å². The summed E-state index contributed by atoms with van der Waals surface area (Å²) in [5.74, 6) is -0.00102. The van der Waals surface area contributed by atoms with E-state index in [0.717, 1.165) is 0 Å². The molecule has 0 aliphatic carbocycles. The molecule has 0 fully saturated rings. The second-order valence-electron chi connectivity index (χ2n) is 6.22. The standard InChI is InChI=1S/C18H19N5O3S2/c1-10-9-11(2)20-17(19-10)23-28(25,26)15-7-5-14(6-8-15)22-18-21-12(3)16(27-18)13(4)24/h5-9H,1-4H3,(H,21,22)(H,19,20,23). The van der Waals surface area contributed by atoms with Gasteiger partial charge in [-0.2, -0.15) is 0 Å². The van der Waals surface area contributed by atoms with Crippen LogP contribution in [0.5, 0.6) is 0 Å². The maximum Gasteiger partial charge on any atom is 0.264 e. The topological polar surface area (TPSA) is 114 Å². The molecule has 0 radical (unpaired) electrons. The van der Waals surface area contributed by atoms with E-state index in [1.807, 2.05) is 0 Å². The molecular weight excluding hydrogens is 398 g/mol. The van der Waals surface area contributed by atoms with Crippen LogP contribution in [0.2, 0.25) is 0 Å². The number of aryl methyl sites for hydroxylation is 3. The summed E-state index contributed by atoms with van der Waals surface area (Å²) in [6, 6.07) is 7.96. The lowest BCUT2D eigenvalue weighted by Crippen LogP contribution is -2.15. The van der Waals surface area contributed by atoms with Crippen molar-refractivity contribution in [2.45, 2.75) is 32.6 Å². The first-order chi connectivity index (χ1) is 13.1. The number of anilines is 3. The lowest BCUT2D eigenvalue weighted by molar-refractivity contribution is 0.102. The van der Waals surface area contributed by atoms with Gasteiger partial charge in [0.05, 0.1) is 15.5 Å². The molecule has 8 nitrogen and oxygen atoms in total. The first kappa shape index (κ1) is 19.9. The third-order valence-corrected chi connectivity index (χ3v) is 6.26. The van der Waals surface area contributed by atoms with Crippen molar-refractivity contribution in [2.75, 3.05) is 10.0 Å². The average molecular weight is 418 g/mol. The Bertz CT molecular complexity index is 1120. The lowest BCUT2D eigenvalue weighted by atomic mass is 10.3. The van der Waals surface area contributed by atoms with Crippen molar-refractivity contribution in [2.24, 2.45) is 0 Å². The average Bonchev–Trinajstić information content (AvgIpc) is 2.94. The number of rotatable bonds is 6. The second kappa shape index (κ2) is 7.64. The maximum absolute atomic E-state index is 12.6. The van der Waals surface area contributed by atoms with E-state index >= 15 is 0 Å². The Labute approximate surface area is 167 Å². The molecule has 0 unspecified atom stereocenters. The summed E-state index contributed by atoms with van der Waals surface area (Å²) in [5, 5.41) is 3.65. The van der Waals surface area contributed by atoms with Crippen LogP contribution in [0.15, 0.2) is 35.2 Å². The molecule has 0 spiro atoms. The van der Waals surface area contributed by atoms with E-state index in [1.54, 1.807) is 39.0 Å². The van der Waals surface area contributed by atoms with Crippen LogP contribution in [0.25, 0.3) is 0 Å². The van der Waals surface area contributed by atoms with Gasteiger partial charge in [-0.3, -0.25) is 4.79 Å². The van der Waals surface area contributed by atoms with Gasteiger partial charge >= 0.3 is 0 Å². The normalized spacial score (nSPS) is 11.3. The summed E-state index contributed by atoms with van der Waals surface area (Å²) in [4.78, 5) is 24.7. The highest BCUT2D eigenvalue weighted by Crippen LogP contribution is 2.26. The fourth-order valence-corrected chi connectivity index (χ4v) is 4.39. The second-order valence-corrected chi connectivity index (χ2v) is 8.90. The van der Waals surface area contributed by atoms with Gasteiger partial charge in [0.15, 0.2) is 10.9 Å². The number of Topliss-reactive ketones (excluding diaryl/α,β-unsaturated/α-hetero) is 1. The SMILES string of the molecule is CC(=O)c1sc(Nc2ccc(S(=O)(=O)Nc3nc(C)cc(C)n3)cc2)nc1C. The Morgan fingerprint density at radius 2 is 1.61 bits per heavy atom. The van der Waals surface area contributed by atoms with E-state index in [-0.39, 0.29) is 16.6 Å². The van der Waals surface area contributed by atoms with Gasteiger partial charge in [-0.1, -0.05) is 11.3 Å². The number of hydrogen-bond donors (Lipinski definition) is 2. The van der Waals surface area contributed by atoms with Crippen molar-refractivity contribution in [1.82, 2.24) is 15.0 Å². The molecular formula is C18H19N5O3S2. The Balaban J connectivity index is 1.77. The lowest BCUT2D eigenvalue weighted by Gasteiger charge is -2.09. The number of ketones is 1. The molecule has 10 heteroatoms. The zero-order chi connectivity index (χ0) is 20.5. The van der Waals surface area contributed by atoms with Gasteiger partial charge in [0.2, 0.25) is 5.95 Å². The highest BCUT2D eigenvalue weighted by atomic mass is 32.2. The molecule has 0 saturated carbocycles. The van der Waals surface area contributed by atoms with Gasteiger partial charge < -0.3 is 5.32 Å². The molecule has 1 aromatic carbocycles. The van der Waals surface area contributed by atoms with E-state index < -0.39 is 10.0 Å². The molecule has 3 rings (SSSR count). The number of aromatic nitrogens is 3. The Morgan fingerprint density at radius 1 is 1.00 bits per heavy atom. The Hall–Kier alpha value is -2.85. The largest absolute Gasteiger partial charge is 0.332 e. The molecule has 0 aliphatic rings. The fraction of sp³-hybridized carbons (Fsp3) is 0.222. The van der Waals surface area contributed by atoms with Crippen molar-refractivity contribution in [3.63, 3.8) is 0 Å². The monoisotopic (exact) mass is 417 g/mol. The molecule has 0 saturated heterocycles. The molecule has 3 aromatic rings. The summed E-state index contributed by atoms with van der Waals surface area (Å²) in [6.45, 7) is 6.81. The minimum absolute atomic E-state index is 0.0368. The Morgan fingerprint density at radius 3 is 2.14 bits per heavy atom. The number of sulfonamides is 1. The fourth-order valence-electron chi connectivity index (χ4n) is 2.57. The predicted octanol–water partition coefficient (Wildman–Crippen LogP) is 3.61. The summed E-state index contributed by atoms with van der Waals surface area (Å²) in [6.07, 6.45) is 0.